The second-order valence-corrected chi connectivity index (χ2v) is 13.0. The number of hydrogen-bond acceptors (Lipinski definition) is 4. The fraction of sp³-hybridized carbons (Fsp3) is 0.375. The van der Waals surface area contributed by atoms with Crippen molar-refractivity contribution in [2.75, 3.05) is 17.1 Å². The third-order valence-electron chi connectivity index (χ3n) is 6.94. The maximum absolute atomic E-state index is 13.9. The van der Waals surface area contributed by atoms with Gasteiger partial charge in [0.1, 0.15) is 6.04 Å². The molecule has 0 aliphatic rings. The predicted octanol–water partition coefficient (Wildman–Crippen LogP) is 5.67. The molecule has 0 aliphatic carbocycles. The molecule has 0 unspecified atom stereocenters. The molecule has 0 radical (unpaired) electrons. The average Bonchev–Trinajstić information content (AvgIpc) is 2.90. The van der Waals surface area contributed by atoms with E-state index < -0.39 is 16.1 Å². The maximum atomic E-state index is 13.9. The zero-order valence-corrected chi connectivity index (χ0v) is 26.0. The van der Waals surface area contributed by atoms with Crippen LogP contribution in [0.2, 0.25) is 5.02 Å². The number of aryl methyl sites for hydroxylation is 1. The molecule has 0 heterocycles. The van der Waals surface area contributed by atoms with E-state index >= 15 is 0 Å². The van der Waals surface area contributed by atoms with E-state index in [1.54, 1.807) is 23.1 Å². The lowest BCUT2D eigenvalue weighted by Gasteiger charge is -2.32. The van der Waals surface area contributed by atoms with Crippen molar-refractivity contribution in [2.24, 2.45) is 0 Å². The normalized spacial score (nSPS) is 12.2. The molecule has 3 aromatic carbocycles. The molecule has 1 N–H and O–H groups in total. The van der Waals surface area contributed by atoms with Gasteiger partial charge in [0.25, 0.3) is 0 Å². The number of sulfonamides is 1. The summed E-state index contributed by atoms with van der Waals surface area (Å²) in [7, 11) is -3.58. The van der Waals surface area contributed by atoms with Crippen LogP contribution in [0, 0.1) is 13.8 Å². The van der Waals surface area contributed by atoms with E-state index in [4.69, 9.17) is 11.6 Å². The van der Waals surface area contributed by atoms with Crippen molar-refractivity contribution in [1.29, 1.82) is 0 Å². The fourth-order valence-corrected chi connectivity index (χ4v) is 5.98. The van der Waals surface area contributed by atoms with E-state index in [0.29, 0.717) is 17.1 Å². The Labute approximate surface area is 249 Å². The number of anilines is 1. The Hall–Kier alpha value is -3.36. The molecule has 9 heteroatoms. The van der Waals surface area contributed by atoms with Crippen LogP contribution in [0.5, 0.6) is 0 Å². The zero-order chi connectivity index (χ0) is 30.2. The van der Waals surface area contributed by atoms with E-state index in [2.05, 4.69) is 5.32 Å². The summed E-state index contributed by atoms with van der Waals surface area (Å²) in [6.07, 6.45) is 1.87. The van der Waals surface area contributed by atoms with Gasteiger partial charge in [-0.25, -0.2) is 8.42 Å². The molecule has 0 saturated heterocycles. The monoisotopic (exact) mass is 597 g/mol. The summed E-state index contributed by atoms with van der Waals surface area (Å²) in [6.45, 7) is 7.92. The van der Waals surface area contributed by atoms with Crippen LogP contribution in [0.25, 0.3) is 0 Å². The van der Waals surface area contributed by atoms with E-state index in [1.165, 1.54) is 10.6 Å². The molecule has 3 rings (SSSR count). The van der Waals surface area contributed by atoms with Crippen LogP contribution < -0.4 is 9.62 Å². The van der Waals surface area contributed by atoms with Crippen LogP contribution >= 0.6 is 11.6 Å². The number of nitrogens with one attached hydrogen (secondary N) is 1. The van der Waals surface area contributed by atoms with Gasteiger partial charge in [0.15, 0.2) is 0 Å². The number of rotatable bonds is 13. The minimum absolute atomic E-state index is 0.0672. The fourth-order valence-electron chi connectivity index (χ4n) is 4.75. The minimum Gasteiger partial charge on any atom is -0.352 e. The molecular weight excluding hydrogens is 558 g/mol. The van der Waals surface area contributed by atoms with Crippen LogP contribution in [0.4, 0.5) is 5.69 Å². The van der Waals surface area contributed by atoms with Crippen molar-refractivity contribution in [3.8, 4) is 0 Å². The highest BCUT2D eigenvalue weighted by molar-refractivity contribution is 7.92. The molecule has 0 saturated carbocycles. The summed E-state index contributed by atoms with van der Waals surface area (Å²) in [5.41, 5.74) is 4.20. The molecule has 7 nitrogen and oxygen atoms in total. The molecule has 0 bridgehead atoms. The summed E-state index contributed by atoms with van der Waals surface area (Å²) in [5, 5.41) is 3.52. The lowest BCUT2D eigenvalue weighted by atomic mass is 10.0. The van der Waals surface area contributed by atoms with Crippen molar-refractivity contribution >= 4 is 39.1 Å². The first kappa shape index (κ1) is 32.2. The standard InChI is InChI=1S/C32H40ClN3O4S/c1-23(2)34-32(38)30(21-26-13-7-6-8-14-26)35(22-27-15-10-16-28(33)20-27)31(37)18-11-19-36(41(5,39)40)29-17-9-12-24(3)25(29)4/h6-10,12-17,20,23,30H,11,18-19,21-22H2,1-5H3,(H,34,38)/t30-/m1/s1. The number of carbonyl (C=O) groups is 2. The molecule has 0 aliphatic heterocycles. The van der Waals surface area contributed by atoms with Crippen molar-refractivity contribution < 1.29 is 18.0 Å². The molecule has 41 heavy (non-hydrogen) atoms. The Morgan fingerprint density at radius 2 is 1.59 bits per heavy atom. The first-order valence-corrected chi connectivity index (χ1v) is 16.0. The van der Waals surface area contributed by atoms with E-state index in [-0.39, 0.29) is 43.8 Å². The molecule has 0 fully saturated rings. The third kappa shape index (κ3) is 9.33. The summed E-state index contributed by atoms with van der Waals surface area (Å²) >= 11 is 6.25. The summed E-state index contributed by atoms with van der Waals surface area (Å²) in [6, 6.07) is 21.5. The molecule has 1 atom stereocenters. The van der Waals surface area contributed by atoms with Crippen molar-refractivity contribution in [2.45, 2.75) is 65.6 Å². The topological polar surface area (TPSA) is 86.8 Å². The SMILES string of the molecule is Cc1cccc(N(CCCC(=O)N(Cc2cccc(Cl)c2)[C@H](Cc2ccccc2)C(=O)NC(C)C)S(C)(=O)=O)c1C. The Kier molecular flexibility index (Phi) is 11.4. The number of carbonyl (C=O) groups excluding carboxylic acids is 2. The predicted molar refractivity (Wildman–Crippen MR) is 167 cm³/mol. The summed E-state index contributed by atoms with van der Waals surface area (Å²) < 4.78 is 26.9. The molecular formula is C32H40ClN3O4S. The molecule has 220 valence electrons. The number of hydrogen-bond donors (Lipinski definition) is 1. The van der Waals surface area contributed by atoms with Crippen LogP contribution in [0.3, 0.4) is 0 Å². The molecule has 2 amide bonds. The van der Waals surface area contributed by atoms with Gasteiger partial charge in [-0.2, -0.15) is 0 Å². The van der Waals surface area contributed by atoms with Gasteiger partial charge in [-0.3, -0.25) is 13.9 Å². The Morgan fingerprint density at radius 1 is 0.927 bits per heavy atom. The lowest BCUT2D eigenvalue weighted by Crippen LogP contribution is -2.51. The van der Waals surface area contributed by atoms with E-state index in [9.17, 15) is 18.0 Å². The molecule has 0 aromatic heterocycles. The number of nitrogens with zero attached hydrogens (tertiary/aromatic N) is 2. The van der Waals surface area contributed by atoms with E-state index in [1.807, 2.05) is 82.3 Å². The van der Waals surface area contributed by atoms with Gasteiger partial charge in [-0.1, -0.05) is 66.2 Å². The van der Waals surface area contributed by atoms with Crippen molar-refractivity contribution in [3.05, 3.63) is 100 Å². The first-order chi connectivity index (χ1) is 19.4. The van der Waals surface area contributed by atoms with Crippen LogP contribution in [0.15, 0.2) is 72.8 Å². The van der Waals surface area contributed by atoms with E-state index in [0.717, 1.165) is 22.3 Å². The van der Waals surface area contributed by atoms with Gasteiger partial charge in [0.2, 0.25) is 21.8 Å². The second kappa shape index (κ2) is 14.5. The van der Waals surface area contributed by atoms with Crippen molar-refractivity contribution in [3.63, 3.8) is 0 Å². The van der Waals surface area contributed by atoms with Gasteiger partial charge >= 0.3 is 0 Å². The second-order valence-electron chi connectivity index (χ2n) is 10.7. The largest absolute Gasteiger partial charge is 0.352 e. The average molecular weight is 598 g/mol. The van der Waals surface area contributed by atoms with Gasteiger partial charge in [-0.05, 0) is 74.6 Å². The smallest absolute Gasteiger partial charge is 0.243 e. The number of benzene rings is 3. The van der Waals surface area contributed by atoms with Gasteiger partial charge in [-0.15, -0.1) is 0 Å². The Bertz CT molecular complexity index is 1440. The highest BCUT2D eigenvalue weighted by Gasteiger charge is 2.31. The first-order valence-electron chi connectivity index (χ1n) is 13.8. The van der Waals surface area contributed by atoms with Gasteiger partial charge in [0, 0.05) is 37.0 Å². The summed E-state index contributed by atoms with van der Waals surface area (Å²) in [4.78, 5) is 29.0. The van der Waals surface area contributed by atoms with Gasteiger partial charge in [0.05, 0.1) is 11.9 Å². The molecule has 3 aromatic rings. The highest BCUT2D eigenvalue weighted by atomic mass is 35.5. The number of halogens is 1. The lowest BCUT2D eigenvalue weighted by molar-refractivity contribution is -0.141. The van der Waals surface area contributed by atoms with Gasteiger partial charge < -0.3 is 10.2 Å². The van der Waals surface area contributed by atoms with Crippen LogP contribution in [-0.4, -0.2) is 50.0 Å². The minimum atomic E-state index is -3.58. The number of amides is 2. The Balaban J connectivity index is 1.90. The molecule has 0 spiro atoms. The quantitative estimate of drug-likeness (QED) is 0.275. The Morgan fingerprint density at radius 3 is 2.22 bits per heavy atom. The maximum Gasteiger partial charge on any atom is 0.243 e. The highest BCUT2D eigenvalue weighted by Crippen LogP contribution is 2.26. The van der Waals surface area contributed by atoms with Crippen LogP contribution in [0.1, 0.15) is 48.9 Å². The zero-order valence-electron chi connectivity index (χ0n) is 24.4. The van der Waals surface area contributed by atoms with Crippen LogP contribution in [-0.2, 0) is 32.6 Å². The third-order valence-corrected chi connectivity index (χ3v) is 8.36. The van der Waals surface area contributed by atoms with Crippen molar-refractivity contribution in [1.82, 2.24) is 10.2 Å². The summed E-state index contributed by atoms with van der Waals surface area (Å²) in [5.74, 6) is -0.480.